The minimum Gasteiger partial charge on any atom is -0.370 e. The first kappa shape index (κ1) is 12.9. The van der Waals surface area contributed by atoms with Crippen molar-refractivity contribution < 1.29 is 0 Å². The van der Waals surface area contributed by atoms with E-state index in [2.05, 4.69) is 27.1 Å². The highest BCUT2D eigenvalue weighted by Crippen LogP contribution is 2.20. The van der Waals surface area contributed by atoms with Gasteiger partial charge in [-0.1, -0.05) is 19.8 Å². The van der Waals surface area contributed by atoms with E-state index < -0.39 is 0 Å². The lowest BCUT2D eigenvalue weighted by molar-refractivity contribution is 0.726. The van der Waals surface area contributed by atoms with Gasteiger partial charge in [0, 0.05) is 25.7 Å². The smallest absolute Gasteiger partial charge is 0.223 e. The average molecular weight is 249 g/mol. The van der Waals surface area contributed by atoms with Crippen molar-refractivity contribution >= 4 is 17.6 Å². The summed E-state index contributed by atoms with van der Waals surface area (Å²) in [7, 11) is 0. The van der Waals surface area contributed by atoms with Crippen molar-refractivity contribution in [2.45, 2.75) is 39.0 Å². The van der Waals surface area contributed by atoms with E-state index in [-0.39, 0.29) is 0 Å². The molecule has 1 saturated heterocycles. The highest BCUT2D eigenvalue weighted by atomic mass is 15.2. The molecule has 2 heterocycles. The lowest BCUT2D eigenvalue weighted by Crippen LogP contribution is -2.25. The van der Waals surface area contributed by atoms with Gasteiger partial charge in [0.2, 0.25) is 5.95 Å². The van der Waals surface area contributed by atoms with Crippen LogP contribution in [0, 0.1) is 0 Å². The van der Waals surface area contributed by atoms with E-state index >= 15 is 0 Å². The SMILES string of the molecule is CCCNc1cc(N2CCCCCC2)nc(N)n1. The van der Waals surface area contributed by atoms with Crippen LogP contribution in [0.5, 0.6) is 0 Å². The summed E-state index contributed by atoms with van der Waals surface area (Å²) in [5.74, 6) is 2.15. The van der Waals surface area contributed by atoms with Gasteiger partial charge in [0.15, 0.2) is 0 Å². The molecule has 1 aromatic heterocycles. The van der Waals surface area contributed by atoms with Crippen molar-refractivity contribution in [1.82, 2.24) is 9.97 Å². The molecule has 0 aromatic carbocycles. The summed E-state index contributed by atoms with van der Waals surface area (Å²) in [6, 6.07) is 2.01. The lowest BCUT2D eigenvalue weighted by Gasteiger charge is -2.22. The van der Waals surface area contributed by atoms with Gasteiger partial charge < -0.3 is 16.0 Å². The number of hydrogen-bond acceptors (Lipinski definition) is 5. The Hall–Kier alpha value is -1.52. The Labute approximate surface area is 109 Å². The zero-order valence-corrected chi connectivity index (χ0v) is 11.2. The molecule has 1 aromatic rings. The molecule has 0 bridgehead atoms. The zero-order chi connectivity index (χ0) is 12.8. The summed E-state index contributed by atoms with van der Waals surface area (Å²) < 4.78 is 0. The summed E-state index contributed by atoms with van der Waals surface area (Å²) >= 11 is 0. The second-order valence-corrected chi connectivity index (χ2v) is 4.80. The molecule has 2 rings (SSSR count). The Bertz CT molecular complexity index is 372. The molecular formula is C13H23N5. The summed E-state index contributed by atoms with van der Waals surface area (Å²) in [6.45, 7) is 5.19. The van der Waals surface area contributed by atoms with Crippen molar-refractivity contribution in [3.05, 3.63) is 6.07 Å². The predicted octanol–water partition coefficient (Wildman–Crippen LogP) is 2.26. The number of aromatic nitrogens is 2. The average Bonchev–Trinajstić information content (AvgIpc) is 2.64. The summed E-state index contributed by atoms with van der Waals surface area (Å²) in [6.07, 6.45) is 6.18. The van der Waals surface area contributed by atoms with Crippen molar-refractivity contribution in [2.24, 2.45) is 0 Å². The molecule has 3 N–H and O–H groups in total. The summed E-state index contributed by atoms with van der Waals surface area (Å²) in [5, 5.41) is 3.27. The van der Waals surface area contributed by atoms with Crippen LogP contribution in [-0.2, 0) is 0 Å². The highest BCUT2D eigenvalue weighted by Gasteiger charge is 2.12. The Morgan fingerprint density at radius 2 is 1.94 bits per heavy atom. The minimum absolute atomic E-state index is 0.357. The standard InChI is InChI=1S/C13H23N5/c1-2-7-15-11-10-12(17-13(14)16-11)18-8-5-3-4-6-9-18/h10H,2-9H2,1H3,(H3,14,15,16,17). The molecule has 0 amide bonds. The van der Waals surface area contributed by atoms with Gasteiger partial charge in [-0.15, -0.1) is 0 Å². The second kappa shape index (κ2) is 6.42. The normalized spacial score (nSPS) is 16.4. The van der Waals surface area contributed by atoms with Crippen LogP contribution in [0.2, 0.25) is 0 Å². The van der Waals surface area contributed by atoms with Crippen molar-refractivity contribution in [2.75, 3.05) is 35.6 Å². The van der Waals surface area contributed by atoms with E-state index in [0.29, 0.717) is 5.95 Å². The molecular weight excluding hydrogens is 226 g/mol. The summed E-state index contributed by atoms with van der Waals surface area (Å²) in [5.41, 5.74) is 5.79. The Morgan fingerprint density at radius 3 is 2.61 bits per heavy atom. The molecule has 100 valence electrons. The number of anilines is 3. The van der Waals surface area contributed by atoms with Crippen molar-refractivity contribution in [1.29, 1.82) is 0 Å². The van der Waals surface area contributed by atoms with Gasteiger partial charge in [-0.25, -0.2) is 0 Å². The number of rotatable bonds is 4. The van der Waals surface area contributed by atoms with Gasteiger partial charge in [0.05, 0.1) is 0 Å². The summed E-state index contributed by atoms with van der Waals surface area (Å²) in [4.78, 5) is 10.9. The molecule has 0 spiro atoms. The lowest BCUT2D eigenvalue weighted by atomic mass is 10.2. The maximum absolute atomic E-state index is 5.79. The van der Waals surface area contributed by atoms with Crippen LogP contribution in [0.3, 0.4) is 0 Å². The zero-order valence-electron chi connectivity index (χ0n) is 11.2. The maximum Gasteiger partial charge on any atom is 0.223 e. The van der Waals surface area contributed by atoms with Gasteiger partial charge in [-0.2, -0.15) is 9.97 Å². The molecule has 1 fully saturated rings. The van der Waals surface area contributed by atoms with Gasteiger partial charge in [-0.3, -0.25) is 0 Å². The highest BCUT2D eigenvalue weighted by molar-refractivity contribution is 5.52. The fraction of sp³-hybridized carbons (Fsp3) is 0.692. The van der Waals surface area contributed by atoms with Crippen molar-refractivity contribution in [3.8, 4) is 0 Å². The monoisotopic (exact) mass is 249 g/mol. The fourth-order valence-electron chi connectivity index (χ4n) is 2.26. The predicted molar refractivity (Wildman–Crippen MR) is 75.9 cm³/mol. The van der Waals surface area contributed by atoms with Crippen LogP contribution in [0.15, 0.2) is 6.07 Å². The molecule has 0 saturated carbocycles. The third-order valence-corrected chi connectivity index (χ3v) is 3.22. The van der Waals surface area contributed by atoms with E-state index in [0.717, 1.165) is 37.7 Å². The van der Waals surface area contributed by atoms with Crippen LogP contribution in [0.25, 0.3) is 0 Å². The first-order valence-electron chi connectivity index (χ1n) is 6.93. The molecule has 0 aliphatic carbocycles. The van der Waals surface area contributed by atoms with E-state index in [1.54, 1.807) is 0 Å². The van der Waals surface area contributed by atoms with Crippen LogP contribution in [0.4, 0.5) is 17.6 Å². The van der Waals surface area contributed by atoms with Gasteiger partial charge in [0.1, 0.15) is 11.6 Å². The molecule has 1 aliphatic heterocycles. The van der Waals surface area contributed by atoms with Crippen LogP contribution < -0.4 is 16.0 Å². The Morgan fingerprint density at radius 1 is 1.22 bits per heavy atom. The number of nitrogens with zero attached hydrogens (tertiary/aromatic N) is 3. The molecule has 18 heavy (non-hydrogen) atoms. The molecule has 0 unspecified atom stereocenters. The quantitative estimate of drug-likeness (QED) is 0.856. The van der Waals surface area contributed by atoms with E-state index in [4.69, 9.17) is 5.73 Å². The number of nitrogens with two attached hydrogens (primary N) is 1. The molecule has 5 heteroatoms. The number of nitrogen functional groups attached to an aromatic ring is 1. The largest absolute Gasteiger partial charge is 0.370 e. The van der Waals surface area contributed by atoms with Crippen LogP contribution in [-0.4, -0.2) is 29.6 Å². The molecule has 0 atom stereocenters. The molecule has 0 radical (unpaired) electrons. The maximum atomic E-state index is 5.79. The van der Waals surface area contributed by atoms with Crippen molar-refractivity contribution in [3.63, 3.8) is 0 Å². The second-order valence-electron chi connectivity index (χ2n) is 4.80. The van der Waals surface area contributed by atoms with E-state index in [1.807, 2.05) is 6.07 Å². The topological polar surface area (TPSA) is 67.1 Å². The van der Waals surface area contributed by atoms with E-state index in [9.17, 15) is 0 Å². The third-order valence-electron chi connectivity index (χ3n) is 3.22. The minimum atomic E-state index is 0.357. The van der Waals surface area contributed by atoms with E-state index in [1.165, 1.54) is 25.7 Å². The number of nitrogens with one attached hydrogen (secondary N) is 1. The van der Waals surface area contributed by atoms with Gasteiger partial charge in [-0.05, 0) is 19.3 Å². The fourth-order valence-corrected chi connectivity index (χ4v) is 2.26. The molecule has 1 aliphatic rings. The van der Waals surface area contributed by atoms with Crippen LogP contribution in [0.1, 0.15) is 39.0 Å². The first-order valence-corrected chi connectivity index (χ1v) is 6.93. The Balaban J connectivity index is 2.12. The first-order chi connectivity index (χ1) is 8.79. The van der Waals surface area contributed by atoms with Gasteiger partial charge in [0.25, 0.3) is 0 Å². The Kier molecular flexibility index (Phi) is 4.61. The number of hydrogen-bond donors (Lipinski definition) is 2. The molecule has 5 nitrogen and oxygen atoms in total. The third kappa shape index (κ3) is 3.48. The van der Waals surface area contributed by atoms with Gasteiger partial charge >= 0.3 is 0 Å². The van der Waals surface area contributed by atoms with Crippen LogP contribution >= 0.6 is 0 Å².